The molecule has 1 aliphatic heterocycles. The number of nitrogens with one attached hydrogen (secondary N) is 1. The van der Waals surface area contributed by atoms with Crippen LogP contribution in [0.15, 0.2) is 23.3 Å². The zero-order chi connectivity index (χ0) is 25.6. The van der Waals surface area contributed by atoms with Gasteiger partial charge >= 0.3 is 0 Å². The van der Waals surface area contributed by atoms with Crippen molar-refractivity contribution in [2.75, 3.05) is 13.7 Å². The van der Waals surface area contributed by atoms with Crippen molar-refractivity contribution in [3.05, 3.63) is 23.3 Å². The summed E-state index contributed by atoms with van der Waals surface area (Å²) in [5.41, 5.74) is -2.70. The van der Waals surface area contributed by atoms with Gasteiger partial charge in [-0.1, -0.05) is 40.2 Å². The van der Waals surface area contributed by atoms with Crippen molar-refractivity contribution >= 4 is 17.5 Å². The van der Waals surface area contributed by atoms with Crippen molar-refractivity contribution < 1.29 is 19.1 Å². The van der Waals surface area contributed by atoms with Crippen LogP contribution >= 0.6 is 0 Å². The van der Waals surface area contributed by atoms with Crippen molar-refractivity contribution in [3.63, 3.8) is 0 Å². The number of carbonyl (C=O) groups excluding carboxylic acids is 3. The number of hydrogen-bond donors (Lipinski definition) is 1. The lowest BCUT2D eigenvalue weighted by Gasteiger charge is -2.68. The zero-order valence-corrected chi connectivity index (χ0v) is 21.9. The highest BCUT2D eigenvalue weighted by Gasteiger charge is 2.76. The van der Waals surface area contributed by atoms with Crippen LogP contribution in [0.2, 0.25) is 0 Å². The van der Waals surface area contributed by atoms with Crippen molar-refractivity contribution in [1.82, 2.24) is 5.32 Å². The van der Waals surface area contributed by atoms with Crippen LogP contribution in [-0.4, -0.2) is 36.7 Å². The molecule has 0 aromatic carbocycles. The number of fused-ring (bicyclic) bond motifs is 5. The SMILES string of the molecule is CCCC1C2CC[C@@]3(C)[C@]4(C)CCC5[C@](C)(C(=O)NC)C(=O)C(C#N)=C[C@]5(C)C4=CC(=O)[C@]13OC2. The predicted molar refractivity (Wildman–Crippen MR) is 131 cm³/mol. The molecule has 4 aliphatic carbocycles. The van der Waals surface area contributed by atoms with Gasteiger partial charge in [0.15, 0.2) is 11.6 Å². The first-order valence-electron chi connectivity index (χ1n) is 13.2. The molecule has 5 rings (SSSR count). The molecule has 6 nitrogen and oxygen atoms in total. The Labute approximate surface area is 208 Å². The third kappa shape index (κ3) is 2.51. The minimum Gasteiger partial charge on any atom is -0.366 e. The van der Waals surface area contributed by atoms with Crippen LogP contribution < -0.4 is 5.32 Å². The molecule has 3 unspecified atom stereocenters. The van der Waals surface area contributed by atoms with E-state index < -0.39 is 27.6 Å². The van der Waals surface area contributed by atoms with Crippen molar-refractivity contribution in [2.45, 2.75) is 78.7 Å². The van der Waals surface area contributed by atoms with E-state index in [4.69, 9.17) is 4.74 Å². The molecule has 0 aromatic rings. The molecule has 8 atom stereocenters. The summed E-state index contributed by atoms with van der Waals surface area (Å²) in [7, 11) is 1.54. The molecule has 2 bridgehead atoms. The standard InChI is InChI=1S/C29H38N2O4/c1-7-8-19-17-9-12-27(4)26(3)11-10-20-25(2,21(26)13-22(32)29(19,27)35-16-17)14-18(15-30)23(33)28(20,5)24(34)31-6/h13-14,17,19-20H,7-12,16H2,1-6H3,(H,31,34)/t17?,19?,20?,25-,26+,27-,28-,29+/m0/s1. The van der Waals surface area contributed by atoms with Crippen LogP contribution in [-0.2, 0) is 19.1 Å². The Kier molecular flexibility index (Phi) is 5.15. The van der Waals surface area contributed by atoms with Gasteiger partial charge in [-0.3, -0.25) is 14.4 Å². The van der Waals surface area contributed by atoms with Gasteiger partial charge in [0.1, 0.15) is 17.1 Å². The highest BCUT2D eigenvalue weighted by Crippen LogP contribution is 2.74. The Morgan fingerprint density at radius 3 is 2.54 bits per heavy atom. The summed E-state index contributed by atoms with van der Waals surface area (Å²) in [6.45, 7) is 11.1. The van der Waals surface area contributed by atoms with E-state index in [2.05, 4.69) is 32.2 Å². The number of allylic oxidation sites excluding steroid dienone is 3. The van der Waals surface area contributed by atoms with Crippen LogP contribution in [0.3, 0.4) is 0 Å². The zero-order valence-electron chi connectivity index (χ0n) is 21.9. The summed E-state index contributed by atoms with van der Waals surface area (Å²) in [4.78, 5) is 40.9. The van der Waals surface area contributed by atoms with E-state index in [1.165, 1.54) is 7.05 Å². The fourth-order valence-electron chi connectivity index (χ4n) is 9.52. The lowest BCUT2D eigenvalue weighted by atomic mass is 9.35. The second-order valence-electron chi connectivity index (χ2n) is 12.5. The van der Waals surface area contributed by atoms with E-state index >= 15 is 0 Å². The Morgan fingerprint density at radius 1 is 1.20 bits per heavy atom. The minimum atomic E-state index is -1.36. The van der Waals surface area contributed by atoms with E-state index in [0.717, 1.165) is 37.7 Å². The Morgan fingerprint density at radius 2 is 1.91 bits per heavy atom. The molecule has 0 radical (unpaired) electrons. The molecule has 1 saturated heterocycles. The number of amides is 1. The first-order chi connectivity index (χ1) is 16.4. The van der Waals surface area contributed by atoms with Gasteiger partial charge in [-0.15, -0.1) is 0 Å². The van der Waals surface area contributed by atoms with Crippen LogP contribution in [0.4, 0.5) is 0 Å². The third-order valence-electron chi connectivity index (χ3n) is 11.4. The highest BCUT2D eigenvalue weighted by molar-refractivity contribution is 6.16. The van der Waals surface area contributed by atoms with Crippen LogP contribution in [0, 0.1) is 50.7 Å². The average Bonchev–Trinajstić information content (AvgIpc) is 3.11. The molecule has 35 heavy (non-hydrogen) atoms. The van der Waals surface area contributed by atoms with E-state index in [9.17, 15) is 19.6 Å². The van der Waals surface area contributed by atoms with Crippen LogP contribution in [0.1, 0.15) is 73.1 Å². The number of ketones is 2. The van der Waals surface area contributed by atoms with Gasteiger partial charge in [-0.25, -0.2) is 0 Å². The fourth-order valence-corrected chi connectivity index (χ4v) is 9.52. The smallest absolute Gasteiger partial charge is 0.233 e. The number of nitriles is 1. The second kappa shape index (κ2) is 7.38. The Hall–Kier alpha value is -2.26. The normalized spacial score (nSPS) is 48.1. The maximum atomic E-state index is 14.2. The minimum absolute atomic E-state index is 0.0163. The summed E-state index contributed by atoms with van der Waals surface area (Å²) in [5.74, 6) is -0.439. The summed E-state index contributed by atoms with van der Waals surface area (Å²) in [5, 5.41) is 12.6. The number of Topliss-reactive ketones (excluding diaryl/α,β-unsaturated/α-hetero) is 1. The van der Waals surface area contributed by atoms with E-state index in [0.29, 0.717) is 18.9 Å². The van der Waals surface area contributed by atoms with Gasteiger partial charge in [0, 0.05) is 23.8 Å². The van der Waals surface area contributed by atoms with Gasteiger partial charge in [0.05, 0.1) is 12.2 Å². The lowest BCUT2D eigenvalue weighted by Crippen LogP contribution is -2.70. The predicted octanol–water partition coefficient (Wildman–Crippen LogP) is 4.30. The van der Waals surface area contributed by atoms with Crippen molar-refractivity contribution in [3.8, 4) is 6.07 Å². The largest absolute Gasteiger partial charge is 0.366 e. The summed E-state index contributed by atoms with van der Waals surface area (Å²) >= 11 is 0. The molecule has 2 saturated carbocycles. The van der Waals surface area contributed by atoms with Crippen molar-refractivity contribution in [2.24, 2.45) is 39.4 Å². The molecule has 1 N–H and O–H groups in total. The van der Waals surface area contributed by atoms with E-state index in [-0.39, 0.29) is 34.5 Å². The second-order valence-corrected chi connectivity index (χ2v) is 12.5. The van der Waals surface area contributed by atoms with Gasteiger partial charge in [-0.2, -0.15) is 5.26 Å². The molecule has 5 aliphatic rings. The summed E-state index contributed by atoms with van der Waals surface area (Å²) in [6.07, 6.45) is 8.98. The summed E-state index contributed by atoms with van der Waals surface area (Å²) in [6, 6.07) is 2.07. The van der Waals surface area contributed by atoms with E-state index in [1.54, 1.807) is 13.0 Å². The van der Waals surface area contributed by atoms with Gasteiger partial charge in [0.25, 0.3) is 0 Å². The molecule has 1 heterocycles. The van der Waals surface area contributed by atoms with Crippen LogP contribution in [0.5, 0.6) is 0 Å². The monoisotopic (exact) mass is 478 g/mol. The number of nitrogens with zero attached hydrogens (tertiary/aromatic N) is 1. The van der Waals surface area contributed by atoms with Gasteiger partial charge in [-0.05, 0) is 67.9 Å². The molecule has 1 spiro atoms. The van der Waals surface area contributed by atoms with E-state index in [1.807, 2.05) is 13.0 Å². The quantitative estimate of drug-likeness (QED) is 0.610. The fraction of sp³-hybridized carbons (Fsp3) is 0.724. The molecule has 3 fully saturated rings. The molecular weight excluding hydrogens is 440 g/mol. The summed E-state index contributed by atoms with van der Waals surface area (Å²) < 4.78 is 6.61. The lowest BCUT2D eigenvalue weighted by molar-refractivity contribution is -0.196. The Bertz CT molecular complexity index is 1130. The van der Waals surface area contributed by atoms with Crippen molar-refractivity contribution in [1.29, 1.82) is 5.26 Å². The molecule has 188 valence electrons. The van der Waals surface area contributed by atoms with Gasteiger partial charge in [0.2, 0.25) is 5.91 Å². The highest BCUT2D eigenvalue weighted by atomic mass is 16.5. The average molecular weight is 479 g/mol. The maximum Gasteiger partial charge on any atom is 0.233 e. The number of rotatable bonds is 3. The first kappa shape index (κ1) is 24.4. The Balaban J connectivity index is 1.76. The topological polar surface area (TPSA) is 96.3 Å². The number of ether oxygens (including phenoxy) is 1. The van der Waals surface area contributed by atoms with Crippen LogP contribution in [0.25, 0.3) is 0 Å². The number of hydrogen-bond acceptors (Lipinski definition) is 5. The van der Waals surface area contributed by atoms with Gasteiger partial charge < -0.3 is 10.1 Å². The third-order valence-corrected chi connectivity index (χ3v) is 11.4. The molecule has 6 heteroatoms. The number of carbonyl (C=O) groups is 3. The molecule has 0 aromatic heterocycles. The molecule has 1 amide bonds. The molecular formula is C29H38N2O4. The maximum absolute atomic E-state index is 14.2. The first-order valence-corrected chi connectivity index (χ1v) is 13.2.